The molecule has 0 aliphatic rings. The molecule has 2 rings (SSSR count). The van der Waals surface area contributed by atoms with E-state index in [1.807, 2.05) is 0 Å². The highest BCUT2D eigenvalue weighted by molar-refractivity contribution is 7.11. The summed E-state index contributed by atoms with van der Waals surface area (Å²) >= 11 is 1.09. The number of aryl methyl sites for hydroxylation is 1. The molecule has 8 heteroatoms. The lowest BCUT2D eigenvalue weighted by atomic mass is 10.0. The van der Waals surface area contributed by atoms with E-state index in [0.717, 1.165) is 17.4 Å². The number of benzene rings is 1. The number of amides is 1. The summed E-state index contributed by atoms with van der Waals surface area (Å²) in [6.07, 6.45) is -4.56. The first kappa shape index (κ1) is 16.4. The molecule has 22 heavy (non-hydrogen) atoms. The predicted octanol–water partition coefficient (Wildman–Crippen LogP) is 2.93. The van der Waals surface area contributed by atoms with Gasteiger partial charge in [-0.05, 0) is 18.6 Å². The van der Waals surface area contributed by atoms with Crippen LogP contribution in [0, 0.1) is 6.92 Å². The number of halogens is 3. The van der Waals surface area contributed by atoms with Crippen molar-refractivity contribution in [1.82, 2.24) is 10.3 Å². The molecule has 4 nitrogen and oxygen atoms in total. The fourth-order valence-corrected chi connectivity index (χ4v) is 2.66. The molecule has 1 aromatic carbocycles. The van der Waals surface area contributed by atoms with Gasteiger partial charge in [-0.3, -0.25) is 4.79 Å². The molecule has 0 radical (unpaired) electrons. The average molecular weight is 330 g/mol. The SMILES string of the molecule is Cc1csc(C(=O)NC(CO)c2ccccc2C(F)(F)F)n1. The zero-order valence-corrected chi connectivity index (χ0v) is 12.3. The monoisotopic (exact) mass is 330 g/mol. The first-order chi connectivity index (χ1) is 10.3. The Morgan fingerprint density at radius 3 is 2.64 bits per heavy atom. The number of carbonyl (C=O) groups excluding carboxylic acids is 1. The quantitative estimate of drug-likeness (QED) is 0.906. The molecular weight excluding hydrogens is 317 g/mol. The van der Waals surface area contributed by atoms with E-state index < -0.39 is 30.3 Å². The summed E-state index contributed by atoms with van der Waals surface area (Å²) in [5, 5.41) is 13.6. The molecular formula is C14H13F3N2O2S. The van der Waals surface area contributed by atoms with E-state index in [4.69, 9.17) is 0 Å². The standard InChI is InChI=1S/C14H13F3N2O2S/c1-8-7-22-13(18-8)12(21)19-11(6-20)9-4-2-3-5-10(9)14(15,16)17/h2-5,7,11,20H,6H2,1H3,(H,19,21). The van der Waals surface area contributed by atoms with E-state index in [2.05, 4.69) is 10.3 Å². The molecule has 1 unspecified atom stereocenters. The number of aliphatic hydroxyl groups excluding tert-OH is 1. The number of hydrogen-bond acceptors (Lipinski definition) is 4. The van der Waals surface area contributed by atoms with Crippen LogP contribution in [0.15, 0.2) is 29.6 Å². The number of rotatable bonds is 4. The Morgan fingerprint density at radius 1 is 1.41 bits per heavy atom. The maximum Gasteiger partial charge on any atom is 0.416 e. The Labute approximate surface area is 128 Å². The number of aliphatic hydroxyl groups is 1. The molecule has 1 heterocycles. The van der Waals surface area contributed by atoms with E-state index in [-0.39, 0.29) is 10.6 Å². The van der Waals surface area contributed by atoms with Crippen LogP contribution in [0.25, 0.3) is 0 Å². The van der Waals surface area contributed by atoms with Crippen LogP contribution in [0.2, 0.25) is 0 Å². The molecule has 2 N–H and O–H groups in total. The second-order valence-electron chi connectivity index (χ2n) is 4.59. The lowest BCUT2D eigenvalue weighted by molar-refractivity contribution is -0.138. The van der Waals surface area contributed by atoms with Gasteiger partial charge in [0.05, 0.1) is 18.2 Å². The number of carbonyl (C=O) groups is 1. The van der Waals surface area contributed by atoms with Crippen molar-refractivity contribution < 1.29 is 23.1 Å². The Bertz CT molecular complexity index is 670. The third-order valence-corrected chi connectivity index (χ3v) is 3.90. The van der Waals surface area contributed by atoms with Crippen LogP contribution in [-0.4, -0.2) is 22.6 Å². The molecule has 0 aliphatic carbocycles. The molecule has 1 atom stereocenters. The second kappa shape index (κ2) is 6.45. The third kappa shape index (κ3) is 3.63. The lowest BCUT2D eigenvalue weighted by Crippen LogP contribution is -2.32. The van der Waals surface area contributed by atoms with Crippen LogP contribution in [0.4, 0.5) is 13.2 Å². The molecule has 0 aliphatic heterocycles. The van der Waals surface area contributed by atoms with Gasteiger partial charge in [0.2, 0.25) is 0 Å². The van der Waals surface area contributed by atoms with Gasteiger partial charge in [0, 0.05) is 11.1 Å². The smallest absolute Gasteiger partial charge is 0.394 e. The van der Waals surface area contributed by atoms with E-state index in [0.29, 0.717) is 5.69 Å². The molecule has 0 bridgehead atoms. The number of aromatic nitrogens is 1. The molecule has 0 fully saturated rings. The van der Waals surface area contributed by atoms with Gasteiger partial charge in [0.1, 0.15) is 0 Å². The van der Waals surface area contributed by atoms with E-state index >= 15 is 0 Å². The van der Waals surface area contributed by atoms with Crippen molar-refractivity contribution in [3.05, 3.63) is 51.5 Å². The number of nitrogens with zero attached hydrogens (tertiary/aromatic N) is 1. The van der Waals surface area contributed by atoms with Gasteiger partial charge < -0.3 is 10.4 Å². The topological polar surface area (TPSA) is 62.2 Å². The van der Waals surface area contributed by atoms with Gasteiger partial charge >= 0.3 is 6.18 Å². The summed E-state index contributed by atoms with van der Waals surface area (Å²) in [5.41, 5.74) is -0.421. The Kier molecular flexibility index (Phi) is 4.82. The van der Waals surface area contributed by atoms with E-state index in [1.54, 1.807) is 12.3 Å². The fraction of sp³-hybridized carbons (Fsp3) is 0.286. The third-order valence-electron chi connectivity index (χ3n) is 2.94. The average Bonchev–Trinajstić information content (AvgIpc) is 2.90. The highest BCUT2D eigenvalue weighted by Crippen LogP contribution is 2.34. The zero-order chi connectivity index (χ0) is 16.3. The minimum absolute atomic E-state index is 0.139. The van der Waals surface area contributed by atoms with Gasteiger partial charge in [0.25, 0.3) is 5.91 Å². The molecule has 2 aromatic rings. The van der Waals surface area contributed by atoms with Gasteiger partial charge in [-0.25, -0.2) is 4.98 Å². The highest BCUT2D eigenvalue weighted by Gasteiger charge is 2.35. The van der Waals surface area contributed by atoms with Gasteiger partial charge in [-0.1, -0.05) is 18.2 Å². The van der Waals surface area contributed by atoms with Crippen LogP contribution in [0.5, 0.6) is 0 Å². The summed E-state index contributed by atoms with van der Waals surface area (Å²) in [6, 6.07) is 3.67. The minimum atomic E-state index is -4.56. The first-order valence-electron chi connectivity index (χ1n) is 6.33. The first-order valence-corrected chi connectivity index (χ1v) is 7.21. The van der Waals surface area contributed by atoms with Crippen molar-refractivity contribution in [2.45, 2.75) is 19.1 Å². The molecule has 118 valence electrons. The molecule has 1 amide bonds. The van der Waals surface area contributed by atoms with Crippen LogP contribution < -0.4 is 5.32 Å². The Hall–Kier alpha value is -1.93. The summed E-state index contributed by atoms with van der Waals surface area (Å²) < 4.78 is 39.0. The van der Waals surface area contributed by atoms with Gasteiger partial charge in [0.15, 0.2) is 5.01 Å². The summed E-state index contributed by atoms with van der Waals surface area (Å²) in [7, 11) is 0. The maximum atomic E-state index is 13.0. The minimum Gasteiger partial charge on any atom is -0.394 e. The van der Waals surface area contributed by atoms with Gasteiger partial charge in [-0.2, -0.15) is 13.2 Å². The number of alkyl halides is 3. The molecule has 1 aromatic heterocycles. The zero-order valence-electron chi connectivity index (χ0n) is 11.5. The maximum absolute atomic E-state index is 13.0. The van der Waals surface area contributed by atoms with E-state index in [9.17, 15) is 23.1 Å². The summed E-state index contributed by atoms with van der Waals surface area (Å²) in [5.74, 6) is -0.617. The van der Waals surface area contributed by atoms with Crippen molar-refractivity contribution in [3.8, 4) is 0 Å². The van der Waals surface area contributed by atoms with Crippen LogP contribution >= 0.6 is 11.3 Å². The summed E-state index contributed by atoms with van der Waals surface area (Å²) in [4.78, 5) is 16.0. The van der Waals surface area contributed by atoms with Crippen molar-refractivity contribution in [2.24, 2.45) is 0 Å². The predicted molar refractivity (Wildman–Crippen MR) is 75.6 cm³/mol. The largest absolute Gasteiger partial charge is 0.416 e. The Balaban J connectivity index is 2.28. The normalized spacial score (nSPS) is 13.0. The van der Waals surface area contributed by atoms with Crippen LogP contribution in [-0.2, 0) is 6.18 Å². The molecule has 0 saturated carbocycles. The van der Waals surface area contributed by atoms with Crippen LogP contribution in [0.1, 0.15) is 32.7 Å². The summed E-state index contributed by atoms with van der Waals surface area (Å²) in [6.45, 7) is 1.05. The fourth-order valence-electron chi connectivity index (χ4n) is 1.96. The number of thiazole rings is 1. The lowest BCUT2D eigenvalue weighted by Gasteiger charge is -2.20. The number of nitrogens with one attached hydrogen (secondary N) is 1. The second-order valence-corrected chi connectivity index (χ2v) is 5.45. The van der Waals surface area contributed by atoms with Crippen molar-refractivity contribution in [2.75, 3.05) is 6.61 Å². The Morgan fingerprint density at radius 2 is 2.09 bits per heavy atom. The highest BCUT2D eigenvalue weighted by atomic mass is 32.1. The number of hydrogen-bond donors (Lipinski definition) is 2. The van der Waals surface area contributed by atoms with Crippen LogP contribution in [0.3, 0.4) is 0 Å². The molecule has 0 saturated heterocycles. The van der Waals surface area contributed by atoms with Crippen molar-refractivity contribution >= 4 is 17.2 Å². The van der Waals surface area contributed by atoms with Crippen molar-refractivity contribution in [1.29, 1.82) is 0 Å². The van der Waals surface area contributed by atoms with Gasteiger partial charge in [-0.15, -0.1) is 11.3 Å². The van der Waals surface area contributed by atoms with E-state index in [1.165, 1.54) is 18.2 Å². The molecule has 0 spiro atoms. The van der Waals surface area contributed by atoms with Crippen molar-refractivity contribution in [3.63, 3.8) is 0 Å².